The van der Waals surface area contributed by atoms with E-state index < -0.39 is 24.0 Å². The van der Waals surface area contributed by atoms with Crippen LogP contribution in [0.4, 0.5) is 5.69 Å². The van der Waals surface area contributed by atoms with Crippen LogP contribution in [0.1, 0.15) is 26.6 Å². The topological polar surface area (TPSA) is 102 Å². The number of aromatic nitrogens is 2. The van der Waals surface area contributed by atoms with Gasteiger partial charge in [-0.2, -0.15) is 0 Å². The molecule has 0 aliphatic heterocycles. The summed E-state index contributed by atoms with van der Waals surface area (Å²) >= 11 is 11.8. The van der Waals surface area contributed by atoms with Crippen LogP contribution in [0.5, 0.6) is 0 Å². The molecule has 1 aromatic heterocycles. The minimum atomic E-state index is -0.857. The fourth-order valence-electron chi connectivity index (χ4n) is 3.47. The zero-order chi connectivity index (χ0) is 23.8. The van der Waals surface area contributed by atoms with E-state index in [1.807, 2.05) is 43.7 Å². The first-order valence-electron chi connectivity index (χ1n) is 10.8. The highest BCUT2D eigenvalue weighted by atomic mass is 35.5. The highest BCUT2D eigenvalue weighted by molar-refractivity contribution is 6.18. The van der Waals surface area contributed by atoms with Crippen LogP contribution in [0.2, 0.25) is 0 Å². The average Bonchev–Trinajstić information content (AvgIpc) is 3.06. The lowest BCUT2D eigenvalue weighted by molar-refractivity contribution is -0.148. The second-order valence-corrected chi connectivity index (χ2v) is 8.67. The highest BCUT2D eigenvalue weighted by Gasteiger charge is 2.28. The number of ether oxygens (including phenoxy) is 1. The number of nitrogens with one attached hydrogen (secondary N) is 1. The molecule has 2 aromatic rings. The lowest BCUT2D eigenvalue weighted by Gasteiger charge is -2.22. The number of carbonyl (C=O) groups excluding carboxylic acids is 2. The number of amides is 1. The molecule has 1 aromatic carbocycles. The van der Waals surface area contributed by atoms with Crippen LogP contribution in [0.15, 0.2) is 18.2 Å². The van der Waals surface area contributed by atoms with Gasteiger partial charge in [0.1, 0.15) is 11.9 Å². The molecule has 0 spiro atoms. The molecule has 0 fully saturated rings. The van der Waals surface area contributed by atoms with Crippen molar-refractivity contribution < 1.29 is 14.3 Å². The van der Waals surface area contributed by atoms with Crippen LogP contribution < -0.4 is 16.0 Å². The van der Waals surface area contributed by atoms with Crippen molar-refractivity contribution in [3.8, 4) is 0 Å². The molecule has 10 heteroatoms. The molecule has 2 rings (SSSR count). The Kier molecular flexibility index (Phi) is 10.1. The van der Waals surface area contributed by atoms with Crippen LogP contribution in [0.3, 0.4) is 0 Å². The SMILES string of the molecule is CCOC(=O)[C@@H](NC(=O)[C@@H](N)Cc1nc2cc(N(CCCl)CCCl)ccc2n1C)C(C)C. The number of nitrogens with two attached hydrogens (primary N) is 1. The van der Waals surface area contributed by atoms with Crippen molar-refractivity contribution in [2.75, 3.05) is 36.4 Å². The van der Waals surface area contributed by atoms with E-state index in [1.54, 1.807) is 6.92 Å². The number of hydrogen-bond acceptors (Lipinski definition) is 6. The number of imidazole rings is 1. The number of alkyl halides is 2. The van der Waals surface area contributed by atoms with Gasteiger partial charge >= 0.3 is 5.97 Å². The summed E-state index contributed by atoms with van der Waals surface area (Å²) in [6.45, 7) is 7.02. The second kappa shape index (κ2) is 12.3. The normalized spacial score (nSPS) is 13.2. The molecule has 8 nitrogen and oxygen atoms in total. The predicted octanol–water partition coefficient (Wildman–Crippen LogP) is 2.43. The summed E-state index contributed by atoms with van der Waals surface area (Å²) in [5.74, 6) is 0.670. The largest absolute Gasteiger partial charge is 0.464 e. The van der Waals surface area contributed by atoms with Gasteiger partial charge in [0, 0.05) is 44.0 Å². The molecular formula is C22H33Cl2N5O3. The van der Waals surface area contributed by atoms with Gasteiger partial charge in [0.15, 0.2) is 0 Å². The molecule has 0 aliphatic rings. The predicted molar refractivity (Wildman–Crippen MR) is 129 cm³/mol. The van der Waals surface area contributed by atoms with Gasteiger partial charge < -0.3 is 25.3 Å². The van der Waals surface area contributed by atoms with E-state index in [1.165, 1.54) is 0 Å². The molecule has 0 unspecified atom stereocenters. The summed E-state index contributed by atoms with van der Waals surface area (Å²) in [6, 6.07) is 4.37. The molecular weight excluding hydrogens is 453 g/mol. The molecule has 178 valence electrons. The van der Waals surface area contributed by atoms with Gasteiger partial charge in [0.25, 0.3) is 0 Å². The first kappa shape index (κ1) is 26.2. The fourth-order valence-corrected chi connectivity index (χ4v) is 3.88. The Morgan fingerprint density at radius 3 is 2.47 bits per heavy atom. The lowest BCUT2D eigenvalue weighted by Crippen LogP contribution is -2.51. The van der Waals surface area contributed by atoms with Crippen LogP contribution in [0.25, 0.3) is 11.0 Å². The van der Waals surface area contributed by atoms with E-state index in [0.29, 0.717) is 30.7 Å². The molecule has 1 amide bonds. The molecule has 1 heterocycles. The fraction of sp³-hybridized carbons (Fsp3) is 0.591. The zero-order valence-corrected chi connectivity index (χ0v) is 20.6. The van der Waals surface area contributed by atoms with E-state index in [4.69, 9.17) is 38.7 Å². The molecule has 0 bridgehead atoms. The maximum atomic E-state index is 12.7. The van der Waals surface area contributed by atoms with Crippen molar-refractivity contribution in [3.63, 3.8) is 0 Å². The third kappa shape index (κ3) is 6.49. The van der Waals surface area contributed by atoms with Crippen LogP contribution in [-0.2, 0) is 27.8 Å². The first-order chi connectivity index (χ1) is 15.2. The third-order valence-corrected chi connectivity index (χ3v) is 5.61. The molecule has 2 atom stereocenters. The quantitative estimate of drug-likeness (QED) is 0.353. The number of anilines is 1. The third-order valence-electron chi connectivity index (χ3n) is 5.28. The van der Waals surface area contributed by atoms with Crippen LogP contribution in [0, 0.1) is 5.92 Å². The van der Waals surface area contributed by atoms with Crippen molar-refractivity contribution in [1.82, 2.24) is 14.9 Å². The standard InChI is InChI=1S/C22H33Cl2N5O3/c1-5-32-22(31)20(14(2)3)27-21(30)16(25)13-19-26-17-12-15(6-7-18(17)28(19)4)29(10-8-23)11-9-24/h6-7,12,14,16,20H,5,8-11,13,25H2,1-4H3,(H,27,30)/t16-,20-/m0/s1. The van der Waals surface area contributed by atoms with Gasteiger partial charge in [-0.1, -0.05) is 13.8 Å². The number of halogens is 2. The molecule has 3 N–H and O–H groups in total. The molecule has 32 heavy (non-hydrogen) atoms. The van der Waals surface area contributed by atoms with E-state index in [9.17, 15) is 9.59 Å². The van der Waals surface area contributed by atoms with Crippen molar-refractivity contribution >= 4 is 51.8 Å². The molecule has 0 aliphatic carbocycles. The number of nitrogens with zero attached hydrogens (tertiary/aromatic N) is 3. The Labute approximate surface area is 199 Å². The Balaban J connectivity index is 2.18. The maximum absolute atomic E-state index is 12.7. The van der Waals surface area contributed by atoms with Crippen molar-refractivity contribution in [1.29, 1.82) is 0 Å². The van der Waals surface area contributed by atoms with Gasteiger partial charge in [0.2, 0.25) is 5.91 Å². The molecule has 0 saturated carbocycles. The molecule has 0 radical (unpaired) electrons. The summed E-state index contributed by atoms with van der Waals surface area (Å²) in [5, 5.41) is 2.72. The van der Waals surface area contributed by atoms with E-state index in [2.05, 4.69) is 10.2 Å². The molecule has 0 saturated heterocycles. The monoisotopic (exact) mass is 485 g/mol. The van der Waals surface area contributed by atoms with Crippen molar-refractivity contribution in [2.45, 2.75) is 39.3 Å². The number of aryl methyl sites for hydroxylation is 1. The van der Waals surface area contributed by atoms with Gasteiger partial charge in [-0.15, -0.1) is 23.2 Å². The van der Waals surface area contributed by atoms with Crippen LogP contribution >= 0.6 is 23.2 Å². The summed E-state index contributed by atoms with van der Waals surface area (Å²) in [6.07, 6.45) is 0.229. The van der Waals surface area contributed by atoms with E-state index in [0.717, 1.165) is 16.7 Å². The zero-order valence-electron chi connectivity index (χ0n) is 19.1. The summed E-state index contributed by atoms with van der Waals surface area (Å²) in [5.41, 5.74) is 8.88. The van der Waals surface area contributed by atoms with E-state index in [-0.39, 0.29) is 18.9 Å². The van der Waals surface area contributed by atoms with Gasteiger partial charge in [-0.25, -0.2) is 9.78 Å². The number of esters is 1. The van der Waals surface area contributed by atoms with E-state index >= 15 is 0 Å². The van der Waals surface area contributed by atoms with Crippen molar-refractivity contribution in [3.05, 3.63) is 24.0 Å². The Morgan fingerprint density at radius 2 is 1.91 bits per heavy atom. The summed E-state index contributed by atoms with van der Waals surface area (Å²) < 4.78 is 6.98. The maximum Gasteiger partial charge on any atom is 0.328 e. The minimum absolute atomic E-state index is 0.122. The Hall–Kier alpha value is -2.03. The minimum Gasteiger partial charge on any atom is -0.464 e. The Bertz CT molecular complexity index is 912. The smallest absolute Gasteiger partial charge is 0.328 e. The number of fused-ring (bicyclic) bond motifs is 1. The van der Waals surface area contributed by atoms with Gasteiger partial charge in [-0.05, 0) is 31.0 Å². The van der Waals surface area contributed by atoms with Gasteiger partial charge in [-0.3, -0.25) is 4.79 Å². The number of rotatable bonds is 12. The summed E-state index contributed by atoms with van der Waals surface area (Å²) in [4.78, 5) is 31.6. The highest BCUT2D eigenvalue weighted by Crippen LogP contribution is 2.23. The number of carbonyl (C=O) groups is 2. The summed E-state index contributed by atoms with van der Waals surface area (Å²) in [7, 11) is 1.89. The Morgan fingerprint density at radius 1 is 1.25 bits per heavy atom. The van der Waals surface area contributed by atoms with Crippen LogP contribution in [-0.4, -0.2) is 65.0 Å². The lowest BCUT2D eigenvalue weighted by atomic mass is 10.0. The average molecular weight is 486 g/mol. The number of benzene rings is 1. The van der Waals surface area contributed by atoms with Gasteiger partial charge in [0.05, 0.1) is 23.7 Å². The number of hydrogen-bond donors (Lipinski definition) is 2. The van der Waals surface area contributed by atoms with Crippen molar-refractivity contribution in [2.24, 2.45) is 18.7 Å². The first-order valence-corrected chi connectivity index (χ1v) is 11.8. The second-order valence-electron chi connectivity index (χ2n) is 7.92.